The number of anilines is 1. The van der Waals surface area contributed by atoms with Crippen molar-refractivity contribution in [3.63, 3.8) is 0 Å². The van der Waals surface area contributed by atoms with Crippen LogP contribution in [0.5, 0.6) is 0 Å². The molecule has 1 fully saturated rings. The second-order valence-corrected chi connectivity index (χ2v) is 5.02. The van der Waals surface area contributed by atoms with Crippen LogP contribution in [0.1, 0.15) is 32.3 Å². The minimum atomic E-state index is 0.747. The maximum atomic E-state index is 6.34. The van der Waals surface area contributed by atoms with E-state index in [4.69, 9.17) is 11.6 Å². The van der Waals surface area contributed by atoms with E-state index in [9.17, 15) is 0 Å². The molecule has 0 unspecified atom stereocenters. The first-order valence-electron chi connectivity index (χ1n) is 6.51. The van der Waals surface area contributed by atoms with Crippen molar-refractivity contribution in [2.75, 3.05) is 18.0 Å². The number of halogens is 1. The number of nitrogens with one attached hydrogen (secondary N) is 1. The Labute approximate surface area is 109 Å². The van der Waals surface area contributed by atoms with Crippen molar-refractivity contribution >= 4 is 17.3 Å². The van der Waals surface area contributed by atoms with Crippen LogP contribution in [0.15, 0.2) is 18.2 Å². The molecule has 0 aliphatic heterocycles. The van der Waals surface area contributed by atoms with Gasteiger partial charge in [0.1, 0.15) is 0 Å². The topological polar surface area (TPSA) is 15.3 Å². The van der Waals surface area contributed by atoms with Gasteiger partial charge in [0.05, 0.1) is 10.7 Å². The maximum absolute atomic E-state index is 6.34. The summed E-state index contributed by atoms with van der Waals surface area (Å²) in [5, 5.41) is 4.37. The number of hydrogen-bond donors (Lipinski definition) is 1. The lowest BCUT2D eigenvalue weighted by Crippen LogP contribution is -2.22. The van der Waals surface area contributed by atoms with Crippen LogP contribution in [0.25, 0.3) is 0 Å². The molecule has 0 aromatic heterocycles. The fraction of sp³-hybridized carbons (Fsp3) is 0.571. The predicted molar refractivity (Wildman–Crippen MR) is 74.9 cm³/mol. The Morgan fingerprint density at radius 3 is 2.53 bits per heavy atom. The Bertz CT molecular complexity index is 370. The number of rotatable bonds is 6. The Morgan fingerprint density at radius 1 is 1.29 bits per heavy atom. The molecule has 1 aromatic carbocycles. The van der Waals surface area contributed by atoms with Crippen molar-refractivity contribution in [1.29, 1.82) is 0 Å². The van der Waals surface area contributed by atoms with Crippen LogP contribution in [-0.2, 0) is 6.54 Å². The van der Waals surface area contributed by atoms with E-state index in [2.05, 4.69) is 42.3 Å². The predicted octanol–water partition coefficient (Wildman–Crippen LogP) is 3.44. The highest BCUT2D eigenvalue weighted by molar-refractivity contribution is 6.33. The fourth-order valence-electron chi connectivity index (χ4n) is 2.03. The minimum absolute atomic E-state index is 0.747. The molecule has 1 N–H and O–H groups in total. The first-order chi connectivity index (χ1) is 8.24. The highest BCUT2D eigenvalue weighted by Crippen LogP contribution is 2.27. The minimum Gasteiger partial charge on any atom is -0.371 e. The molecule has 17 heavy (non-hydrogen) atoms. The van der Waals surface area contributed by atoms with Crippen LogP contribution < -0.4 is 10.2 Å². The van der Waals surface area contributed by atoms with E-state index in [0.29, 0.717) is 0 Å². The van der Waals surface area contributed by atoms with Gasteiger partial charge in [-0.15, -0.1) is 0 Å². The third-order valence-electron chi connectivity index (χ3n) is 3.29. The van der Waals surface area contributed by atoms with Gasteiger partial charge in [-0.25, -0.2) is 0 Å². The average molecular weight is 253 g/mol. The molecule has 1 aliphatic rings. The van der Waals surface area contributed by atoms with E-state index in [1.54, 1.807) is 0 Å². The van der Waals surface area contributed by atoms with Crippen molar-refractivity contribution in [3.8, 4) is 0 Å². The summed E-state index contributed by atoms with van der Waals surface area (Å²) in [4.78, 5) is 2.28. The molecule has 0 spiro atoms. The van der Waals surface area contributed by atoms with Gasteiger partial charge in [-0.1, -0.05) is 17.7 Å². The van der Waals surface area contributed by atoms with E-state index >= 15 is 0 Å². The molecule has 0 amide bonds. The summed E-state index contributed by atoms with van der Waals surface area (Å²) in [5.74, 6) is 0. The lowest BCUT2D eigenvalue weighted by molar-refractivity contribution is 0.688. The van der Waals surface area contributed by atoms with Crippen molar-refractivity contribution in [3.05, 3.63) is 28.8 Å². The van der Waals surface area contributed by atoms with Gasteiger partial charge in [0, 0.05) is 25.7 Å². The molecule has 1 aromatic rings. The molecule has 0 heterocycles. The zero-order chi connectivity index (χ0) is 12.3. The molecule has 0 bridgehead atoms. The van der Waals surface area contributed by atoms with Crippen LogP contribution in [0.3, 0.4) is 0 Å². The normalized spacial score (nSPS) is 15.0. The van der Waals surface area contributed by atoms with E-state index in [1.165, 1.54) is 18.4 Å². The van der Waals surface area contributed by atoms with Crippen LogP contribution >= 0.6 is 11.6 Å². The zero-order valence-corrected chi connectivity index (χ0v) is 11.4. The zero-order valence-electron chi connectivity index (χ0n) is 10.7. The number of hydrogen-bond acceptors (Lipinski definition) is 2. The summed E-state index contributed by atoms with van der Waals surface area (Å²) in [6.07, 6.45) is 2.65. The van der Waals surface area contributed by atoms with Gasteiger partial charge in [-0.2, -0.15) is 0 Å². The summed E-state index contributed by atoms with van der Waals surface area (Å²) in [6, 6.07) is 7.15. The molecule has 0 saturated heterocycles. The van der Waals surface area contributed by atoms with E-state index in [0.717, 1.165) is 36.4 Å². The quantitative estimate of drug-likeness (QED) is 0.835. The maximum Gasteiger partial charge on any atom is 0.0642 e. The second kappa shape index (κ2) is 5.74. The number of nitrogens with zero attached hydrogens (tertiary/aromatic N) is 1. The second-order valence-electron chi connectivity index (χ2n) is 4.61. The molecule has 0 radical (unpaired) electrons. The average Bonchev–Trinajstić information content (AvgIpc) is 3.14. The number of benzene rings is 1. The largest absolute Gasteiger partial charge is 0.371 e. The van der Waals surface area contributed by atoms with Crippen molar-refractivity contribution in [2.45, 2.75) is 39.3 Å². The standard InChI is InChI=1S/C14H21ClN2/c1-3-17(4-2)14-8-5-11(9-13(14)15)10-16-12-6-7-12/h5,8-9,12,16H,3-4,6-7,10H2,1-2H3. The monoisotopic (exact) mass is 252 g/mol. The van der Waals surface area contributed by atoms with Crippen molar-refractivity contribution in [2.24, 2.45) is 0 Å². The molecule has 1 aliphatic carbocycles. The summed E-state index contributed by atoms with van der Waals surface area (Å²) >= 11 is 6.34. The van der Waals surface area contributed by atoms with Crippen LogP contribution in [-0.4, -0.2) is 19.1 Å². The molecule has 3 heteroatoms. The molecule has 1 saturated carbocycles. The van der Waals surface area contributed by atoms with Gasteiger partial charge in [-0.3, -0.25) is 0 Å². The van der Waals surface area contributed by atoms with Crippen LogP contribution in [0.2, 0.25) is 5.02 Å². The van der Waals surface area contributed by atoms with Gasteiger partial charge >= 0.3 is 0 Å². The summed E-state index contributed by atoms with van der Waals surface area (Å²) in [5.41, 5.74) is 2.42. The van der Waals surface area contributed by atoms with Gasteiger partial charge < -0.3 is 10.2 Å². The Hall–Kier alpha value is -0.730. The third-order valence-corrected chi connectivity index (χ3v) is 3.59. The highest BCUT2D eigenvalue weighted by atomic mass is 35.5. The van der Waals surface area contributed by atoms with Crippen LogP contribution in [0, 0.1) is 0 Å². The van der Waals surface area contributed by atoms with Crippen molar-refractivity contribution < 1.29 is 0 Å². The lowest BCUT2D eigenvalue weighted by Gasteiger charge is -2.22. The molecular weight excluding hydrogens is 232 g/mol. The first kappa shape index (κ1) is 12.7. The highest BCUT2D eigenvalue weighted by Gasteiger charge is 2.20. The SMILES string of the molecule is CCN(CC)c1ccc(CNC2CC2)cc1Cl. The smallest absolute Gasteiger partial charge is 0.0642 e. The summed E-state index contributed by atoms with van der Waals surface area (Å²) < 4.78 is 0. The summed E-state index contributed by atoms with van der Waals surface area (Å²) in [6.45, 7) is 7.24. The molecule has 2 rings (SSSR count). The van der Waals surface area contributed by atoms with E-state index in [1.807, 2.05) is 0 Å². The summed E-state index contributed by atoms with van der Waals surface area (Å²) in [7, 11) is 0. The van der Waals surface area contributed by atoms with Crippen LogP contribution in [0.4, 0.5) is 5.69 Å². The van der Waals surface area contributed by atoms with E-state index < -0.39 is 0 Å². The Balaban J connectivity index is 2.04. The fourth-order valence-corrected chi connectivity index (χ4v) is 2.35. The molecule has 94 valence electrons. The lowest BCUT2D eigenvalue weighted by atomic mass is 10.2. The van der Waals surface area contributed by atoms with Gasteiger partial charge in [0.2, 0.25) is 0 Å². The Morgan fingerprint density at radius 2 is 2.00 bits per heavy atom. The van der Waals surface area contributed by atoms with Gasteiger partial charge in [0.15, 0.2) is 0 Å². The van der Waals surface area contributed by atoms with Gasteiger partial charge in [-0.05, 0) is 44.4 Å². The molecule has 0 atom stereocenters. The first-order valence-corrected chi connectivity index (χ1v) is 6.89. The molecule has 2 nitrogen and oxygen atoms in total. The van der Waals surface area contributed by atoms with E-state index in [-0.39, 0.29) is 0 Å². The molecular formula is C14H21ClN2. The Kier molecular flexibility index (Phi) is 4.30. The van der Waals surface area contributed by atoms with Gasteiger partial charge in [0.25, 0.3) is 0 Å². The third kappa shape index (κ3) is 3.36. The van der Waals surface area contributed by atoms with Crippen molar-refractivity contribution in [1.82, 2.24) is 5.32 Å².